The molecule has 2 rings (SSSR count). The molecule has 0 saturated carbocycles. The minimum Gasteiger partial charge on any atom is -0.355 e. The van der Waals surface area contributed by atoms with E-state index >= 15 is 0 Å². The van der Waals surface area contributed by atoms with E-state index in [0.717, 1.165) is 25.3 Å². The molecule has 0 amide bonds. The minimum atomic E-state index is 0.693. The fourth-order valence-corrected chi connectivity index (χ4v) is 1.97. The average Bonchev–Trinajstić information content (AvgIpc) is 2.76. The van der Waals surface area contributed by atoms with Crippen molar-refractivity contribution in [1.29, 1.82) is 0 Å². The Morgan fingerprint density at radius 2 is 2.14 bits per heavy atom. The third-order valence-electron chi connectivity index (χ3n) is 2.79. The molecule has 4 heteroatoms. The molecule has 1 aromatic rings. The zero-order valence-electron chi connectivity index (χ0n) is 8.74. The van der Waals surface area contributed by atoms with E-state index in [2.05, 4.69) is 16.1 Å². The summed E-state index contributed by atoms with van der Waals surface area (Å²) in [5.41, 5.74) is 6.77. The summed E-state index contributed by atoms with van der Waals surface area (Å²) in [6.45, 7) is 3.00. The quantitative estimate of drug-likeness (QED) is 0.763. The summed E-state index contributed by atoms with van der Waals surface area (Å²) in [6.07, 6.45) is 3.50. The van der Waals surface area contributed by atoms with Crippen LogP contribution in [0.1, 0.15) is 18.5 Å². The van der Waals surface area contributed by atoms with Gasteiger partial charge in [-0.2, -0.15) is 5.10 Å². The van der Waals surface area contributed by atoms with Gasteiger partial charge < -0.3 is 10.6 Å². The molecule has 4 nitrogen and oxygen atoms in total. The van der Waals surface area contributed by atoms with Gasteiger partial charge >= 0.3 is 0 Å². The summed E-state index contributed by atoms with van der Waals surface area (Å²) in [4.78, 5) is 2.35. The first-order valence-electron chi connectivity index (χ1n) is 5.29. The van der Waals surface area contributed by atoms with Gasteiger partial charge in [-0.25, -0.2) is 0 Å². The molecule has 2 heterocycles. The zero-order chi connectivity index (χ0) is 9.97. The lowest BCUT2D eigenvalue weighted by molar-refractivity contribution is 0.701. The number of rotatable bonds is 3. The first-order chi connectivity index (χ1) is 6.81. The second-order valence-corrected chi connectivity index (χ2v) is 3.85. The predicted octanol–water partition coefficient (Wildman–Crippen LogP) is 0.522. The van der Waals surface area contributed by atoms with E-state index in [0.29, 0.717) is 6.54 Å². The molecular formula is C10H18N4. The van der Waals surface area contributed by atoms with E-state index < -0.39 is 0 Å². The lowest BCUT2D eigenvalue weighted by atomic mass is 10.3. The van der Waals surface area contributed by atoms with Crippen LogP contribution in [0.25, 0.3) is 0 Å². The van der Waals surface area contributed by atoms with E-state index in [1.54, 1.807) is 0 Å². The van der Waals surface area contributed by atoms with Crippen molar-refractivity contribution in [2.24, 2.45) is 12.8 Å². The number of hydrogen-bond donors (Lipinski definition) is 1. The summed E-state index contributed by atoms with van der Waals surface area (Å²) < 4.78 is 1.94. The van der Waals surface area contributed by atoms with Gasteiger partial charge in [0.2, 0.25) is 0 Å². The van der Waals surface area contributed by atoms with E-state index in [4.69, 9.17) is 5.73 Å². The van der Waals surface area contributed by atoms with E-state index in [9.17, 15) is 0 Å². The molecule has 2 N–H and O–H groups in total. The first-order valence-corrected chi connectivity index (χ1v) is 5.29. The van der Waals surface area contributed by atoms with Crippen molar-refractivity contribution < 1.29 is 0 Å². The second kappa shape index (κ2) is 4.00. The molecule has 1 aliphatic heterocycles. The maximum Gasteiger partial charge on any atom is 0.150 e. The molecule has 0 radical (unpaired) electrons. The Morgan fingerprint density at radius 1 is 1.43 bits per heavy atom. The molecule has 0 spiro atoms. The Kier molecular flexibility index (Phi) is 2.72. The number of nitrogens with zero attached hydrogens (tertiary/aromatic N) is 3. The van der Waals surface area contributed by atoms with Crippen LogP contribution >= 0.6 is 0 Å². The molecule has 78 valence electrons. The summed E-state index contributed by atoms with van der Waals surface area (Å²) in [6, 6.07) is 2.16. The van der Waals surface area contributed by atoms with E-state index in [-0.39, 0.29) is 0 Å². The van der Waals surface area contributed by atoms with Crippen molar-refractivity contribution in [3.05, 3.63) is 11.8 Å². The van der Waals surface area contributed by atoms with Crippen LogP contribution in [0, 0.1) is 0 Å². The van der Waals surface area contributed by atoms with Crippen LogP contribution in [0.2, 0.25) is 0 Å². The highest BCUT2D eigenvalue weighted by Crippen LogP contribution is 2.19. The number of aryl methyl sites for hydroxylation is 1. The number of aromatic nitrogens is 2. The van der Waals surface area contributed by atoms with Gasteiger partial charge in [-0.15, -0.1) is 0 Å². The Bertz CT molecular complexity index is 299. The Labute approximate surface area is 84.7 Å². The Morgan fingerprint density at radius 3 is 2.79 bits per heavy atom. The molecule has 1 aliphatic rings. The van der Waals surface area contributed by atoms with Gasteiger partial charge in [0.25, 0.3) is 0 Å². The number of anilines is 1. The normalized spacial score (nSPS) is 16.6. The Balaban J connectivity index is 2.14. The fraction of sp³-hybridized carbons (Fsp3) is 0.700. The van der Waals surface area contributed by atoms with Gasteiger partial charge in [0.05, 0.1) is 0 Å². The van der Waals surface area contributed by atoms with Gasteiger partial charge in [-0.1, -0.05) is 0 Å². The highest BCUT2D eigenvalue weighted by molar-refractivity contribution is 5.40. The first kappa shape index (κ1) is 9.52. The van der Waals surface area contributed by atoms with Crippen molar-refractivity contribution in [3.8, 4) is 0 Å². The van der Waals surface area contributed by atoms with Crippen molar-refractivity contribution in [1.82, 2.24) is 9.78 Å². The van der Waals surface area contributed by atoms with Crippen LogP contribution in [-0.2, 0) is 13.5 Å². The van der Waals surface area contributed by atoms with E-state index in [1.165, 1.54) is 18.5 Å². The van der Waals surface area contributed by atoms with Gasteiger partial charge in [-0.05, 0) is 19.4 Å². The van der Waals surface area contributed by atoms with Gasteiger partial charge in [0.15, 0.2) is 5.82 Å². The molecule has 14 heavy (non-hydrogen) atoms. The SMILES string of the molecule is Cn1nc(N2CCCC2)cc1CCN. The number of hydrogen-bond acceptors (Lipinski definition) is 3. The van der Waals surface area contributed by atoms with Crippen molar-refractivity contribution >= 4 is 5.82 Å². The van der Waals surface area contributed by atoms with E-state index in [1.807, 2.05) is 11.7 Å². The minimum absolute atomic E-state index is 0.693. The van der Waals surface area contributed by atoms with Crippen LogP contribution in [0.4, 0.5) is 5.82 Å². The predicted molar refractivity (Wildman–Crippen MR) is 57.4 cm³/mol. The van der Waals surface area contributed by atoms with Gasteiger partial charge in [-0.3, -0.25) is 4.68 Å². The van der Waals surface area contributed by atoms with Crippen molar-refractivity contribution in [3.63, 3.8) is 0 Å². The standard InChI is InChI=1S/C10H18N4/c1-13-9(4-5-11)8-10(12-13)14-6-2-3-7-14/h8H,2-7,11H2,1H3. The summed E-state index contributed by atoms with van der Waals surface area (Å²) in [7, 11) is 1.99. The summed E-state index contributed by atoms with van der Waals surface area (Å²) >= 11 is 0. The molecule has 0 bridgehead atoms. The molecule has 1 aromatic heterocycles. The third-order valence-corrected chi connectivity index (χ3v) is 2.79. The lowest BCUT2D eigenvalue weighted by Gasteiger charge is -2.12. The van der Waals surface area contributed by atoms with Crippen molar-refractivity contribution in [2.45, 2.75) is 19.3 Å². The summed E-state index contributed by atoms with van der Waals surface area (Å²) in [5.74, 6) is 1.12. The zero-order valence-corrected chi connectivity index (χ0v) is 8.74. The third kappa shape index (κ3) is 1.75. The van der Waals surface area contributed by atoms with Gasteiger partial charge in [0, 0.05) is 38.3 Å². The van der Waals surface area contributed by atoms with Crippen LogP contribution in [0.5, 0.6) is 0 Å². The molecule has 1 fully saturated rings. The fourth-order valence-electron chi connectivity index (χ4n) is 1.97. The second-order valence-electron chi connectivity index (χ2n) is 3.85. The smallest absolute Gasteiger partial charge is 0.150 e. The Hall–Kier alpha value is -1.03. The molecule has 0 unspecified atom stereocenters. The van der Waals surface area contributed by atoms with Gasteiger partial charge in [0.1, 0.15) is 0 Å². The maximum atomic E-state index is 5.54. The molecule has 0 aromatic carbocycles. The number of nitrogens with two attached hydrogens (primary N) is 1. The monoisotopic (exact) mass is 194 g/mol. The van der Waals surface area contributed by atoms with Crippen LogP contribution in [-0.4, -0.2) is 29.4 Å². The molecular weight excluding hydrogens is 176 g/mol. The summed E-state index contributed by atoms with van der Waals surface area (Å²) in [5, 5.41) is 4.50. The highest BCUT2D eigenvalue weighted by atomic mass is 15.3. The highest BCUT2D eigenvalue weighted by Gasteiger charge is 2.15. The maximum absolute atomic E-state index is 5.54. The molecule has 0 atom stereocenters. The topological polar surface area (TPSA) is 47.1 Å². The van der Waals surface area contributed by atoms with Crippen molar-refractivity contribution in [2.75, 3.05) is 24.5 Å². The van der Waals surface area contributed by atoms with Crippen LogP contribution in [0.15, 0.2) is 6.07 Å². The lowest BCUT2D eigenvalue weighted by Crippen LogP contribution is -2.18. The van der Waals surface area contributed by atoms with Crippen LogP contribution < -0.4 is 10.6 Å². The largest absolute Gasteiger partial charge is 0.355 e. The molecule has 1 saturated heterocycles. The molecule has 0 aliphatic carbocycles. The van der Waals surface area contributed by atoms with Crippen LogP contribution in [0.3, 0.4) is 0 Å². The average molecular weight is 194 g/mol.